The van der Waals surface area contributed by atoms with Crippen LogP contribution in [0.4, 0.5) is 0 Å². The SMILES string of the molecule is C\C=C/C(/C=C/C=O)=C\C. The van der Waals surface area contributed by atoms with Crippen LogP contribution < -0.4 is 0 Å². The topological polar surface area (TPSA) is 17.1 Å². The van der Waals surface area contributed by atoms with Crippen molar-refractivity contribution >= 4 is 6.29 Å². The Morgan fingerprint density at radius 2 is 1.90 bits per heavy atom. The van der Waals surface area contributed by atoms with Gasteiger partial charge in [-0.25, -0.2) is 0 Å². The van der Waals surface area contributed by atoms with Crippen LogP contribution in [0.25, 0.3) is 0 Å². The first-order valence-corrected chi connectivity index (χ1v) is 3.26. The molecule has 0 amide bonds. The number of aldehydes is 1. The first kappa shape index (κ1) is 8.89. The minimum Gasteiger partial charge on any atom is -0.299 e. The lowest BCUT2D eigenvalue weighted by Gasteiger charge is -1.86. The smallest absolute Gasteiger partial charge is 0.142 e. The van der Waals surface area contributed by atoms with Crippen LogP contribution >= 0.6 is 0 Å². The van der Waals surface area contributed by atoms with E-state index in [2.05, 4.69) is 0 Å². The summed E-state index contributed by atoms with van der Waals surface area (Å²) in [6, 6.07) is 0. The lowest BCUT2D eigenvalue weighted by Crippen LogP contribution is -1.69. The summed E-state index contributed by atoms with van der Waals surface area (Å²) in [5.74, 6) is 0. The van der Waals surface area contributed by atoms with Crippen molar-refractivity contribution in [3.63, 3.8) is 0 Å². The van der Waals surface area contributed by atoms with Gasteiger partial charge >= 0.3 is 0 Å². The molecule has 10 heavy (non-hydrogen) atoms. The Balaban J connectivity index is 4.10. The molecule has 0 bridgehead atoms. The molecule has 0 atom stereocenters. The van der Waals surface area contributed by atoms with Gasteiger partial charge in [0, 0.05) is 0 Å². The zero-order valence-corrected chi connectivity index (χ0v) is 6.37. The molecule has 0 heterocycles. The molecule has 0 aliphatic heterocycles. The Kier molecular flexibility index (Phi) is 5.35. The predicted octanol–water partition coefficient (Wildman–Crippen LogP) is 2.26. The maximum atomic E-state index is 9.89. The van der Waals surface area contributed by atoms with E-state index in [0.717, 1.165) is 11.9 Å². The van der Waals surface area contributed by atoms with Crippen LogP contribution in [-0.2, 0) is 4.79 Å². The molecule has 0 N–H and O–H groups in total. The van der Waals surface area contributed by atoms with Gasteiger partial charge in [0.15, 0.2) is 0 Å². The van der Waals surface area contributed by atoms with Gasteiger partial charge in [-0.2, -0.15) is 0 Å². The van der Waals surface area contributed by atoms with Gasteiger partial charge in [0.2, 0.25) is 0 Å². The predicted molar refractivity (Wildman–Crippen MR) is 43.8 cm³/mol. The third kappa shape index (κ3) is 3.84. The maximum Gasteiger partial charge on any atom is 0.142 e. The summed E-state index contributed by atoms with van der Waals surface area (Å²) < 4.78 is 0. The van der Waals surface area contributed by atoms with Gasteiger partial charge in [-0.3, -0.25) is 4.79 Å². The molecular weight excluding hydrogens is 124 g/mol. The normalized spacial score (nSPS) is 13.2. The minimum absolute atomic E-state index is 0.771. The molecule has 0 spiro atoms. The Bertz CT molecular complexity index is 173. The van der Waals surface area contributed by atoms with Crippen LogP contribution in [0.5, 0.6) is 0 Å². The summed E-state index contributed by atoms with van der Waals surface area (Å²) in [5.41, 5.74) is 1.05. The van der Waals surface area contributed by atoms with Gasteiger partial charge in [0.25, 0.3) is 0 Å². The van der Waals surface area contributed by atoms with E-state index >= 15 is 0 Å². The van der Waals surface area contributed by atoms with Crippen molar-refractivity contribution in [1.82, 2.24) is 0 Å². The second kappa shape index (κ2) is 6.02. The van der Waals surface area contributed by atoms with E-state index in [9.17, 15) is 4.79 Å². The molecule has 0 unspecified atom stereocenters. The summed E-state index contributed by atoms with van der Waals surface area (Å²) in [6.07, 6.45) is 9.85. The van der Waals surface area contributed by atoms with E-state index in [-0.39, 0.29) is 0 Å². The van der Waals surface area contributed by atoms with Gasteiger partial charge in [-0.05, 0) is 25.5 Å². The highest BCUT2D eigenvalue weighted by Gasteiger charge is 1.78. The average molecular weight is 136 g/mol. The van der Waals surface area contributed by atoms with Crippen molar-refractivity contribution in [2.75, 3.05) is 0 Å². The lowest BCUT2D eigenvalue weighted by atomic mass is 10.2. The van der Waals surface area contributed by atoms with Crippen molar-refractivity contribution in [2.45, 2.75) is 13.8 Å². The summed E-state index contributed by atoms with van der Waals surface area (Å²) in [5, 5.41) is 0. The van der Waals surface area contributed by atoms with Crippen molar-refractivity contribution in [1.29, 1.82) is 0 Å². The van der Waals surface area contributed by atoms with Crippen molar-refractivity contribution in [3.05, 3.63) is 36.0 Å². The Morgan fingerprint density at radius 3 is 2.30 bits per heavy atom. The Hall–Kier alpha value is -1.11. The van der Waals surface area contributed by atoms with Gasteiger partial charge < -0.3 is 0 Å². The number of carbonyl (C=O) groups is 1. The van der Waals surface area contributed by atoms with E-state index in [0.29, 0.717) is 0 Å². The summed E-state index contributed by atoms with van der Waals surface area (Å²) in [6.45, 7) is 3.88. The van der Waals surface area contributed by atoms with Crippen LogP contribution in [0, 0.1) is 0 Å². The van der Waals surface area contributed by atoms with Crippen LogP contribution in [0.3, 0.4) is 0 Å². The Labute approximate surface area is 61.8 Å². The van der Waals surface area contributed by atoms with E-state index in [1.807, 2.05) is 32.1 Å². The molecule has 0 aromatic carbocycles. The fraction of sp³-hybridized carbons (Fsp3) is 0.222. The van der Waals surface area contributed by atoms with Gasteiger partial charge in [-0.1, -0.05) is 24.3 Å². The summed E-state index contributed by atoms with van der Waals surface area (Å²) in [4.78, 5) is 9.89. The molecule has 0 fully saturated rings. The number of rotatable bonds is 3. The second-order valence-electron chi connectivity index (χ2n) is 1.78. The Morgan fingerprint density at radius 1 is 1.20 bits per heavy atom. The summed E-state index contributed by atoms with van der Waals surface area (Å²) >= 11 is 0. The zero-order valence-electron chi connectivity index (χ0n) is 6.37. The molecule has 1 heteroatoms. The van der Waals surface area contributed by atoms with Crippen LogP contribution in [0.15, 0.2) is 36.0 Å². The van der Waals surface area contributed by atoms with Gasteiger partial charge in [0.1, 0.15) is 6.29 Å². The number of allylic oxidation sites excluding steroid dienone is 6. The van der Waals surface area contributed by atoms with Crippen LogP contribution in [0.2, 0.25) is 0 Å². The molecule has 0 radical (unpaired) electrons. The van der Waals surface area contributed by atoms with E-state index in [1.165, 1.54) is 6.08 Å². The quantitative estimate of drug-likeness (QED) is 0.330. The van der Waals surface area contributed by atoms with Gasteiger partial charge in [0.05, 0.1) is 0 Å². The molecule has 1 nitrogen and oxygen atoms in total. The standard InChI is InChI=1S/C9H12O/c1-3-6-9(4-2)7-5-8-10/h3-8H,1-2H3/b6-3-,7-5+,9-4+. The second-order valence-corrected chi connectivity index (χ2v) is 1.78. The van der Waals surface area contributed by atoms with Crippen LogP contribution in [-0.4, -0.2) is 6.29 Å². The number of carbonyl (C=O) groups excluding carboxylic acids is 1. The van der Waals surface area contributed by atoms with Gasteiger partial charge in [-0.15, -0.1) is 0 Å². The first-order valence-electron chi connectivity index (χ1n) is 3.26. The third-order valence-corrected chi connectivity index (χ3v) is 1.06. The minimum atomic E-state index is 0.771. The fourth-order valence-corrected chi connectivity index (χ4v) is 0.591. The van der Waals surface area contributed by atoms with E-state index in [4.69, 9.17) is 0 Å². The van der Waals surface area contributed by atoms with Crippen molar-refractivity contribution in [2.24, 2.45) is 0 Å². The summed E-state index contributed by atoms with van der Waals surface area (Å²) in [7, 11) is 0. The monoisotopic (exact) mass is 136 g/mol. The molecule has 0 aliphatic carbocycles. The van der Waals surface area contributed by atoms with Crippen molar-refractivity contribution < 1.29 is 4.79 Å². The lowest BCUT2D eigenvalue weighted by molar-refractivity contribution is -0.104. The van der Waals surface area contributed by atoms with Crippen molar-refractivity contribution in [3.8, 4) is 0 Å². The first-order chi connectivity index (χ1) is 4.85. The fourth-order valence-electron chi connectivity index (χ4n) is 0.591. The molecule has 0 saturated carbocycles. The largest absolute Gasteiger partial charge is 0.299 e. The maximum absolute atomic E-state index is 9.89. The molecule has 0 aliphatic rings. The molecule has 54 valence electrons. The molecule has 0 aromatic rings. The van der Waals surface area contributed by atoms with E-state index < -0.39 is 0 Å². The number of hydrogen-bond donors (Lipinski definition) is 0. The highest BCUT2D eigenvalue weighted by molar-refractivity contribution is 5.66. The molecule has 0 aromatic heterocycles. The zero-order chi connectivity index (χ0) is 7.82. The molecule has 0 rings (SSSR count). The number of hydrogen-bond acceptors (Lipinski definition) is 1. The average Bonchev–Trinajstić information content (AvgIpc) is 1.98. The van der Waals surface area contributed by atoms with E-state index in [1.54, 1.807) is 6.08 Å². The molecule has 0 saturated heterocycles. The molecular formula is C9H12O. The highest BCUT2D eigenvalue weighted by atomic mass is 16.1. The van der Waals surface area contributed by atoms with Crippen LogP contribution in [0.1, 0.15) is 13.8 Å². The highest BCUT2D eigenvalue weighted by Crippen LogP contribution is 1.97. The third-order valence-electron chi connectivity index (χ3n) is 1.06.